The van der Waals surface area contributed by atoms with Crippen molar-refractivity contribution in [2.45, 2.75) is 26.7 Å². The zero-order chi connectivity index (χ0) is 14.1. The van der Waals surface area contributed by atoms with Crippen molar-refractivity contribution >= 4 is 17.3 Å². The minimum absolute atomic E-state index is 0.473. The number of rotatable bonds is 9. The summed E-state index contributed by atoms with van der Waals surface area (Å²) in [7, 11) is 0. The second kappa shape index (κ2) is 9.05. The highest BCUT2D eigenvalue weighted by molar-refractivity contribution is 6.17. The molecule has 0 aliphatic carbocycles. The molecule has 1 rings (SSSR count). The SMILES string of the molecule is CCOc1ccc(NCCN(CC)CC)cc1CCl. The van der Waals surface area contributed by atoms with Gasteiger partial charge in [0, 0.05) is 24.3 Å². The Morgan fingerprint density at radius 2 is 1.95 bits per heavy atom. The molecule has 0 fully saturated rings. The van der Waals surface area contributed by atoms with Crippen molar-refractivity contribution in [3.8, 4) is 5.75 Å². The maximum atomic E-state index is 5.95. The van der Waals surface area contributed by atoms with E-state index in [0.717, 1.165) is 43.2 Å². The fourth-order valence-corrected chi connectivity index (χ4v) is 2.20. The van der Waals surface area contributed by atoms with E-state index < -0.39 is 0 Å². The molecule has 1 N–H and O–H groups in total. The van der Waals surface area contributed by atoms with Crippen molar-refractivity contribution < 1.29 is 4.74 Å². The van der Waals surface area contributed by atoms with Crippen molar-refractivity contribution in [1.29, 1.82) is 0 Å². The van der Waals surface area contributed by atoms with Crippen molar-refractivity contribution in [1.82, 2.24) is 4.90 Å². The normalized spacial score (nSPS) is 10.8. The quantitative estimate of drug-likeness (QED) is 0.702. The summed E-state index contributed by atoms with van der Waals surface area (Å²) >= 11 is 5.95. The maximum Gasteiger partial charge on any atom is 0.123 e. The first kappa shape index (κ1) is 16.1. The number of halogens is 1. The van der Waals surface area contributed by atoms with Crippen molar-refractivity contribution in [2.75, 3.05) is 38.1 Å². The number of nitrogens with zero attached hydrogens (tertiary/aromatic N) is 1. The Morgan fingerprint density at radius 1 is 1.21 bits per heavy atom. The van der Waals surface area contributed by atoms with E-state index in [0.29, 0.717) is 12.5 Å². The number of benzene rings is 1. The minimum Gasteiger partial charge on any atom is -0.494 e. The lowest BCUT2D eigenvalue weighted by molar-refractivity contribution is 0.316. The lowest BCUT2D eigenvalue weighted by Gasteiger charge is -2.19. The molecular weight excluding hydrogens is 260 g/mol. The molecule has 0 heterocycles. The van der Waals surface area contributed by atoms with Crippen LogP contribution in [0, 0.1) is 0 Å². The second-order valence-corrected chi connectivity index (χ2v) is 4.61. The Balaban J connectivity index is 2.54. The summed E-state index contributed by atoms with van der Waals surface area (Å²) < 4.78 is 5.54. The van der Waals surface area contributed by atoms with E-state index in [2.05, 4.69) is 30.1 Å². The van der Waals surface area contributed by atoms with Crippen LogP contribution in [0.1, 0.15) is 26.3 Å². The van der Waals surface area contributed by atoms with E-state index in [1.807, 2.05) is 19.1 Å². The Hall–Kier alpha value is -0.930. The van der Waals surface area contributed by atoms with Gasteiger partial charge in [0.25, 0.3) is 0 Å². The van der Waals surface area contributed by atoms with Crippen LogP contribution >= 0.6 is 11.6 Å². The fraction of sp³-hybridized carbons (Fsp3) is 0.600. The van der Waals surface area contributed by atoms with E-state index >= 15 is 0 Å². The van der Waals surface area contributed by atoms with Crippen molar-refractivity contribution in [2.24, 2.45) is 0 Å². The Morgan fingerprint density at radius 3 is 2.53 bits per heavy atom. The van der Waals surface area contributed by atoms with Gasteiger partial charge in [-0.2, -0.15) is 0 Å². The monoisotopic (exact) mass is 284 g/mol. The lowest BCUT2D eigenvalue weighted by atomic mass is 10.2. The first-order valence-corrected chi connectivity index (χ1v) is 7.56. The zero-order valence-corrected chi connectivity index (χ0v) is 13.0. The highest BCUT2D eigenvalue weighted by Crippen LogP contribution is 2.24. The molecule has 3 nitrogen and oxygen atoms in total. The largest absolute Gasteiger partial charge is 0.494 e. The molecule has 1 aromatic carbocycles. The predicted octanol–water partition coefficient (Wildman–Crippen LogP) is 3.58. The predicted molar refractivity (Wildman–Crippen MR) is 83.4 cm³/mol. The molecule has 0 aliphatic heterocycles. The third-order valence-corrected chi connectivity index (χ3v) is 3.44. The van der Waals surface area contributed by atoms with Gasteiger partial charge in [0.05, 0.1) is 12.5 Å². The van der Waals surface area contributed by atoms with Crippen LogP contribution < -0.4 is 10.1 Å². The summed E-state index contributed by atoms with van der Waals surface area (Å²) in [6.45, 7) is 11.2. The van der Waals surface area contributed by atoms with Gasteiger partial charge in [0.15, 0.2) is 0 Å². The van der Waals surface area contributed by atoms with E-state index in [-0.39, 0.29) is 0 Å². The number of hydrogen-bond donors (Lipinski definition) is 1. The Kier molecular flexibility index (Phi) is 7.68. The molecule has 0 aliphatic rings. The van der Waals surface area contributed by atoms with Crippen LogP contribution in [0.4, 0.5) is 5.69 Å². The summed E-state index contributed by atoms with van der Waals surface area (Å²) in [5, 5.41) is 3.43. The fourth-order valence-electron chi connectivity index (χ4n) is 1.99. The first-order chi connectivity index (χ1) is 9.24. The van der Waals surface area contributed by atoms with Gasteiger partial charge < -0.3 is 15.0 Å². The van der Waals surface area contributed by atoms with Crippen LogP contribution in [-0.4, -0.2) is 37.7 Å². The molecule has 0 aromatic heterocycles. The van der Waals surface area contributed by atoms with Crippen LogP contribution in [-0.2, 0) is 5.88 Å². The second-order valence-electron chi connectivity index (χ2n) is 4.34. The molecule has 4 heteroatoms. The van der Waals surface area contributed by atoms with Crippen molar-refractivity contribution in [3.05, 3.63) is 23.8 Å². The molecule has 0 saturated carbocycles. The van der Waals surface area contributed by atoms with Crippen LogP contribution in [0.2, 0.25) is 0 Å². The number of hydrogen-bond acceptors (Lipinski definition) is 3. The van der Waals surface area contributed by atoms with Crippen molar-refractivity contribution in [3.63, 3.8) is 0 Å². The number of ether oxygens (including phenoxy) is 1. The topological polar surface area (TPSA) is 24.5 Å². The average Bonchev–Trinajstić information content (AvgIpc) is 2.45. The number of alkyl halides is 1. The third kappa shape index (κ3) is 5.29. The molecule has 0 atom stereocenters. The Bertz CT molecular complexity index is 367. The summed E-state index contributed by atoms with van der Waals surface area (Å²) in [4.78, 5) is 2.39. The van der Waals surface area contributed by atoms with Gasteiger partial charge in [-0.1, -0.05) is 13.8 Å². The van der Waals surface area contributed by atoms with Gasteiger partial charge >= 0.3 is 0 Å². The molecular formula is C15H25ClN2O. The molecule has 0 saturated heterocycles. The number of anilines is 1. The molecule has 19 heavy (non-hydrogen) atoms. The smallest absolute Gasteiger partial charge is 0.123 e. The van der Waals surface area contributed by atoms with Gasteiger partial charge in [0.2, 0.25) is 0 Å². The molecule has 0 bridgehead atoms. The van der Waals surface area contributed by atoms with E-state index in [9.17, 15) is 0 Å². The summed E-state index contributed by atoms with van der Waals surface area (Å²) in [5.74, 6) is 1.35. The van der Waals surface area contributed by atoms with E-state index in [4.69, 9.17) is 16.3 Å². The lowest BCUT2D eigenvalue weighted by Crippen LogP contribution is -2.28. The van der Waals surface area contributed by atoms with Gasteiger partial charge in [-0.25, -0.2) is 0 Å². The van der Waals surface area contributed by atoms with Crippen LogP contribution in [0.25, 0.3) is 0 Å². The van der Waals surface area contributed by atoms with E-state index in [1.165, 1.54) is 0 Å². The minimum atomic E-state index is 0.473. The van der Waals surface area contributed by atoms with Gasteiger partial charge in [-0.3, -0.25) is 0 Å². The molecule has 0 amide bonds. The van der Waals surface area contributed by atoms with Crippen LogP contribution in [0.5, 0.6) is 5.75 Å². The van der Waals surface area contributed by atoms with Crippen LogP contribution in [0.3, 0.4) is 0 Å². The molecule has 1 aromatic rings. The summed E-state index contributed by atoms with van der Waals surface area (Å²) in [6, 6.07) is 6.10. The highest BCUT2D eigenvalue weighted by Gasteiger charge is 2.04. The number of nitrogens with one attached hydrogen (secondary N) is 1. The molecule has 0 unspecified atom stereocenters. The Labute approximate surface area is 121 Å². The highest BCUT2D eigenvalue weighted by atomic mass is 35.5. The zero-order valence-electron chi connectivity index (χ0n) is 12.2. The molecule has 0 radical (unpaired) electrons. The van der Waals surface area contributed by atoms with Gasteiger partial charge in [-0.05, 0) is 38.2 Å². The summed E-state index contributed by atoms with van der Waals surface area (Å²) in [5.41, 5.74) is 2.14. The standard InChI is InChI=1S/C15H25ClN2O/c1-4-18(5-2)10-9-17-14-7-8-15(19-6-3)13(11-14)12-16/h7-8,11,17H,4-6,9-10,12H2,1-3H3. The van der Waals surface area contributed by atoms with Crippen LogP contribution in [0.15, 0.2) is 18.2 Å². The first-order valence-electron chi connectivity index (χ1n) is 7.03. The third-order valence-electron chi connectivity index (χ3n) is 3.16. The summed E-state index contributed by atoms with van der Waals surface area (Å²) in [6.07, 6.45) is 0. The maximum absolute atomic E-state index is 5.95. The van der Waals surface area contributed by atoms with Gasteiger partial charge in [0.1, 0.15) is 5.75 Å². The van der Waals surface area contributed by atoms with Gasteiger partial charge in [-0.15, -0.1) is 11.6 Å². The number of likely N-dealkylation sites (N-methyl/N-ethyl adjacent to an activating group) is 1. The average molecular weight is 285 g/mol. The molecule has 0 spiro atoms. The van der Waals surface area contributed by atoms with E-state index in [1.54, 1.807) is 0 Å². The molecule has 108 valence electrons.